The molecule has 1 aromatic heterocycles. The van der Waals surface area contributed by atoms with Gasteiger partial charge >= 0.3 is 0 Å². The molecule has 19 heavy (non-hydrogen) atoms. The first-order valence-corrected chi connectivity index (χ1v) is 6.52. The highest BCUT2D eigenvalue weighted by atomic mass is 79.9. The van der Waals surface area contributed by atoms with Crippen molar-refractivity contribution in [1.82, 2.24) is 0 Å². The van der Waals surface area contributed by atoms with Crippen LogP contribution in [-0.4, -0.2) is 5.11 Å². The van der Waals surface area contributed by atoms with Crippen molar-refractivity contribution in [2.75, 3.05) is 0 Å². The number of phenolic OH excluding ortho intramolecular Hbond substituents is 1. The average Bonchev–Trinajstić information content (AvgIpc) is 2.80. The lowest BCUT2D eigenvalue weighted by Gasteiger charge is -2.03. The summed E-state index contributed by atoms with van der Waals surface area (Å²) in [4.78, 5) is 0. The van der Waals surface area contributed by atoms with Gasteiger partial charge in [-0.15, -0.1) is 0 Å². The summed E-state index contributed by atoms with van der Waals surface area (Å²) in [5.74, 6) is -0.260. The Bertz CT molecular complexity index is 777. The highest BCUT2D eigenvalue weighted by molar-refractivity contribution is 9.10. The molecule has 0 unspecified atom stereocenters. The molecule has 0 radical (unpaired) electrons. The SMILES string of the molecule is Cc1ccc(-c2coc3c(Br)ccc(O)c23)c(F)c1. The quantitative estimate of drug-likeness (QED) is 0.683. The first-order chi connectivity index (χ1) is 9.08. The van der Waals surface area contributed by atoms with E-state index in [1.807, 2.05) is 13.0 Å². The van der Waals surface area contributed by atoms with Crippen LogP contribution in [0.2, 0.25) is 0 Å². The fraction of sp³-hybridized carbons (Fsp3) is 0.0667. The van der Waals surface area contributed by atoms with Crippen LogP contribution in [0.5, 0.6) is 5.75 Å². The van der Waals surface area contributed by atoms with Crippen LogP contribution in [0.25, 0.3) is 22.1 Å². The second-order valence-electron chi connectivity index (χ2n) is 4.40. The van der Waals surface area contributed by atoms with Crippen LogP contribution in [0.15, 0.2) is 45.5 Å². The molecule has 0 aliphatic heterocycles. The lowest BCUT2D eigenvalue weighted by Crippen LogP contribution is -1.85. The zero-order valence-electron chi connectivity index (χ0n) is 10.1. The number of benzene rings is 2. The van der Waals surface area contributed by atoms with E-state index in [9.17, 15) is 9.50 Å². The molecule has 3 rings (SSSR count). The summed E-state index contributed by atoms with van der Waals surface area (Å²) < 4.78 is 20.2. The maximum absolute atomic E-state index is 14.0. The lowest BCUT2D eigenvalue weighted by atomic mass is 10.0. The molecule has 2 nitrogen and oxygen atoms in total. The Kier molecular flexibility index (Phi) is 2.82. The van der Waals surface area contributed by atoms with Gasteiger partial charge in [0.25, 0.3) is 0 Å². The van der Waals surface area contributed by atoms with Crippen molar-refractivity contribution < 1.29 is 13.9 Å². The Hall–Kier alpha value is -1.81. The standard InChI is InChI=1S/C15H10BrFO2/c1-8-2-3-9(12(17)6-8)10-7-19-15-11(16)4-5-13(18)14(10)15/h2-7,18H,1H3. The number of hydrogen-bond acceptors (Lipinski definition) is 2. The van der Waals surface area contributed by atoms with Gasteiger partial charge in [-0.25, -0.2) is 4.39 Å². The first-order valence-electron chi connectivity index (χ1n) is 5.73. The molecule has 0 aliphatic rings. The number of furan rings is 1. The van der Waals surface area contributed by atoms with Gasteiger partial charge in [0.2, 0.25) is 0 Å². The summed E-state index contributed by atoms with van der Waals surface area (Å²) in [5.41, 5.74) is 2.32. The number of halogens is 2. The van der Waals surface area contributed by atoms with Gasteiger partial charge in [0, 0.05) is 11.1 Å². The highest BCUT2D eigenvalue weighted by Gasteiger charge is 2.17. The van der Waals surface area contributed by atoms with Crippen molar-refractivity contribution in [2.24, 2.45) is 0 Å². The number of phenols is 1. The molecule has 0 saturated heterocycles. The van der Waals surface area contributed by atoms with Gasteiger partial charge in [0.1, 0.15) is 11.6 Å². The van der Waals surface area contributed by atoms with Gasteiger partial charge in [-0.2, -0.15) is 0 Å². The van der Waals surface area contributed by atoms with E-state index >= 15 is 0 Å². The third kappa shape index (κ3) is 1.92. The molecule has 3 aromatic rings. The van der Waals surface area contributed by atoms with E-state index in [0.717, 1.165) is 10.0 Å². The topological polar surface area (TPSA) is 33.4 Å². The predicted octanol–water partition coefficient (Wildman–Crippen LogP) is 5.02. The number of aryl methyl sites for hydroxylation is 1. The maximum Gasteiger partial charge on any atom is 0.152 e. The third-order valence-corrected chi connectivity index (χ3v) is 3.69. The van der Waals surface area contributed by atoms with Crippen molar-refractivity contribution in [2.45, 2.75) is 6.92 Å². The monoisotopic (exact) mass is 320 g/mol. The normalized spacial score (nSPS) is 11.1. The van der Waals surface area contributed by atoms with E-state index in [4.69, 9.17) is 4.42 Å². The van der Waals surface area contributed by atoms with E-state index in [0.29, 0.717) is 22.1 Å². The van der Waals surface area contributed by atoms with E-state index in [2.05, 4.69) is 15.9 Å². The predicted molar refractivity (Wildman–Crippen MR) is 75.7 cm³/mol. The fourth-order valence-electron chi connectivity index (χ4n) is 2.14. The van der Waals surface area contributed by atoms with Crippen LogP contribution in [0.1, 0.15) is 5.56 Å². The minimum absolute atomic E-state index is 0.0712. The summed E-state index contributed by atoms with van der Waals surface area (Å²) >= 11 is 3.35. The summed E-state index contributed by atoms with van der Waals surface area (Å²) in [6.45, 7) is 1.83. The van der Waals surface area contributed by atoms with E-state index < -0.39 is 0 Å². The van der Waals surface area contributed by atoms with Crippen LogP contribution in [0.4, 0.5) is 4.39 Å². The van der Waals surface area contributed by atoms with Gasteiger partial charge in [-0.1, -0.05) is 12.1 Å². The molecule has 96 valence electrons. The van der Waals surface area contributed by atoms with Crippen molar-refractivity contribution in [3.63, 3.8) is 0 Å². The molecule has 1 N–H and O–H groups in total. The summed E-state index contributed by atoms with van der Waals surface area (Å²) in [5, 5.41) is 10.5. The number of hydrogen-bond donors (Lipinski definition) is 1. The van der Waals surface area contributed by atoms with Crippen molar-refractivity contribution in [3.8, 4) is 16.9 Å². The van der Waals surface area contributed by atoms with Gasteiger partial charge in [0.15, 0.2) is 5.58 Å². The Balaban J connectivity index is 2.34. The molecule has 0 atom stereocenters. The minimum atomic E-state index is -0.331. The van der Waals surface area contributed by atoms with Crippen LogP contribution >= 0.6 is 15.9 Å². The van der Waals surface area contributed by atoms with Crippen molar-refractivity contribution in [3.05, 3.63) is 52.4 Å². The molecule has 2 aromatic carbocycles. The lowest BCUT2D eigenvalue weighted by molar-refractivity contribution is 0.481. The van der Waals surface area contributed by atoms with Gasteiger partial charge in [-0.3, -0.25) is 0 Å². The molecule has 0 amide bonds. The van der Waals surface area contributed by atoms with E-state index in [1.54, 1.807) is 18.2 Å². The summed E-state index contributed by atoms with van der Waals surface area (Å²) in [6, 6.07) is 8.22. The summed E-state index contributed by atoms with van der Waals surface area (Å²) in [6.07, 6.45) is 1.46. The fourth-order valence-corrected chi connectivity index (χ4v) is 2.56. The number of aromatic hydroxyl groups is 1. The molecule has 0 aliphatic carbocycles. The molecule has 0 fully saturated rings. The second-order valence-corrected chi connectivity index (χ2v) is 5.26. The summed E-state index contributed by atoms with van der Waals surface area (Å²) in [7, 11) is 0. The Labute approximate surface area is 117 Å². The van der Waals surface area contributed by atoms with Crippen LogP contribution < -0.4 is 0 Å². The Morgan fingerprint density at radius 3 is 2.68 bits per heavy atom. The van der Waals surface area contributed by atoms with Crippen LogP contribution in [0, 0.1) is 12.7 Å². The van der Waals surface area contributed by atoms with E-state index in [1.165, 1.54) is 12.3 Å². The van der Waals surface area contributed by atoms with Crippen molar-refractivity contribution >= 4 is 26.9 Å². The van der Waals surface area contributed by atoms with Crippen LogP contribution in [-0.2, 0) is 0 Å². The Morgan fingerprint density at radius 2 is 1.95 bits per heavy atom. The molecule has 0 saturated carbocycles. The molecule has 4 heteroatoms. The van der Waals surface area contributed by atoms with Crippen molar-refractivity contribution in [1.29, 1.82) is 0 Å². The average molecular weight is 321 g/mol. The number of fused-ring (bicyclic) bond motifs is 1. The first kappa shape index (κ1) is 12.2. The molecular weight excluding hydrogens is 311 g/mol. The largest absolute Gasteiger partial charge is 0.507 e. The maximum atomic E-state index is 14.0. The van der Waals surface area contributed by atoms with E-state index in [-0.39, 0.29) is 11.6 Å². The zero-order valence-corrected chi connectivity index (χ0v) is 11.7. The zero-order chi connectivity index (χ0) is 13.6. The molecule has 0 bridgehead atoms. The third-order valence-electron chi connectivity index (χ3n) is 3.07. The molecule has 0 spiro atoms. The number of rotatable bonds is 1. The molecule has 1 heterocycles. The van der Waals surface area contributed by atoms with Gasteiger partial charge < -0.3 is 9.52 Å². The van der Waals surface area contributed by atoms with Gasteiger partial charge in [0.05, 0.1) is 16.1 Å². The Morgan fingerprint density at radius 1 is 1.16 bits per heavy atom. The minimum Gasteiger partial charge on any atom is -0.507 e. The highest BCUT2D eigenvalue weighted by Crippen LogP contribution is 2.40. The van der Waals surface area contributed by atoms with Crippen LogP contribution in [0.3, 0.4) is 0 Å². The smallest absolute Gasteiger partial charge is 0.152 e. The second kappa shape index (κ2) is 4.38. The van der Waals surface area contributed by atoms with Gasteiger partial charge in [-0.05, 0) is 46.6 Å². The molecular formula is C15H10BrFO2.